The highest BCUT2D eigenvalue weighted by Crippen LogP contribution is 2.34. The number of ketones is 1. The fourth-order valence-corrected chi connectivity index (χ4v) is 2.10. The number of imide groups is 1. The van der Waals surface area contributed by atoms with Gasteiger partial charge in [-0.1, -0.05) is 11.6 Å². The largest absolute Gasteiger partial charge is 0.502 e. The van der Waals surface area contributed by atoms with Gasteiger partial charge in [-0.25, -0.2) is 4.90 Å². The van der Waals surface area contributed by atoms with Crippen LogP contribution in [0.15, 0.2) is 29.5 Å². The minimum absolute atomic E-state index is 0.153. The van der Waals surface area contributed by atoms with E-state index in [1.165, 1.54) is 0 Å². The third kappa shape index (κ3) is 2.25. The molecule has 0 saturated heterocycles. The van der Waals surface area contributed by atoms with Crippen LogP contribution >= 0.6 is 11.6 Å². The smallest absolute Gasteiger partial charge is 0.301 e. The van der Waals surface area contributed by atoms with Crippen LogP contribution in [0.3, 0.4) is 0 Å². The molecule has 0 atom stereocenters. The minimum atomic E-state index is -1.11. The Labute approximate surface area is 122 Å². The molecule has 1 aromatic carbocycles. The number of non-ortho nitro benzene ring substituents is 1. The lowest BCUT2D eigenvalue weighted by atomic mass is 10.2. The van der Waals surface area contributed by atoms with Gasteiger partial charge in [0.1, 0.15) is 5.57 Å². The number of rotatable bonds is 3. The molecule has 9 heteroatoms. The van der Waals surface area contributed by atoms with E-state index in [0.29, 0.717) is 4.90 Å². The predicted molar refractivity (Wildman–Crippen MR) is 70.9 cm³/mol. The standard InChI is InChI=1S/C12H7ClN2O6/c1-5(16)9-10(17)12(19)14(11(9)18)8-3-2-6(15(20)21)4-7(8)13/h2-4,17H,1H3. The zero-order valence-electron chi connectivity index (χ0n) is 10.5. The Kier molecular flexibility index (Phi) is 3.48. The maximum atomic E-state index is 12.0. The number of aliphatic hydroxyl groups excluding tert-OH is 1. The number of anilines is 1. The summed E-state index contributed by atoms with van der Waals surface area (Å²) in [7, 11) is 0. The number of carbonyl (C=O) groups excluding carboxylic acids is 3. The highest BCUT2D eigenvalue weighted by molar-refractivity contribution is 6.43. The number of nitro benzene ring substituents is 1. The molecular formula is C12H7ClN2O6. The highest BCUT2D eigenvalue weighted by Gasteiger charge is 2.42. The van der Waals surface area contributed by atoms with E-state index in [2.05, 4.69) is 0 Å². The van der Waals surface area contributed by atoms with Crippen molar-refractivity contribution in [3.05, 3.63) is 44.7 Å². The number of aliphatic hydroxyl groups is 1. The van der Waals surface area contributed by atoms with Crippen LogP contribution in [-0.4, -0.2) is 27.6 Å². The monoisotopic (exact) mass is 310 g/mol. The lowest BCUT2D eigenvalue weighted by Crippen LogP contribution is -2.32. The van der Waals surface area contributed by atoms with Gasteiger partial charge in [0.15, 0.2) is 11.5 Å². The van der Waals surface area contributed by atoms with Gasteiger partial charge < -0.3 is 5.11 Å². The molecule has 2 amide bonds. The number of hydrogen-bond acceptors (Lipinski definition) is 6. The van der Waals surface area contributed by atoms with Crippen molar-refractivity contribution in [2.24, 2.45) is 0 Å². The first-order valence-corrected chi connectivity index (χ1v) is 5.90. The average molecular weight is 311 g/mol. The molecule has 2 rings (SSSR count). The Morgan fingerprint density at radius 3 is 2.38 bits per heavy atom. The van der Waals surface area contributed by atoms with E-state index in [-0.39, 0.29) is 16.4 Å². The lowest BCUT2D eigenvalue weighted by Gasteiger charge is -2.15. The first kappa shape index (κ1) is 14.7. The highest BCUT2D eigenvalue weighted by atomic mass is 35.5. The van der Waals surface area contributed by atoms with E-state index in [1.54, 1.807) is 0 Å². The minimum Gasteiger partial charge on any atom is -0.502 e. The molecule has 1 aliphatic rings. The molecule has 108 valence electrons. The quantitative estimate of drug-likeness (QED) is 0.391. The summed E-state index contributed by atoms with van der Waals surface area (Å²) in [6.07, 6.45) is 0. The Morgan fingerprint density at radius 1 is 1.33 bits per heavy atom. The normalized spacial score (nSPS) is 14.9. The average Bonchev–Trinajstić information content (AvgIpc) is 2.61. The molecule has 0 aromatic heterocycles. The second-order valence-electron chi connectivity index (χ2n) is 4.12. The van der Waals surface area contributed by atoms with Gasteiger partial charge in [0, 0.05) is 12.1 Å². The molecule has 8 nitrogen and oxygen atoms in total. The van der Waals surface area contributed by atoms with Crippen LogP contribution in [0.1, 0.15) is 6.92 Å². The van der Waals surface area contributed by atoms with Crippen LogP contribution in [0.5, 0.6) is 0 Å². The van der Waals surface area contributed by atoms with Gasteiger partial charge in [-0.2, -0.15) is 0 Å². The van der Waals surface area contributed by atoms with E-state index < -0.39 is 33.9 Å². The van der Waals surface area contributed by atoms with Crippen molar-refractivity contribution in [2.45, 2.75) is 6.92 Å². The van der Waals surface area contributed by atoms with Gasteiger partial charge in [-0.15, -0.1) is 0 Å². The zero-order valence-corrected chi connectivity index (χ0v) is 11.2. The van der Waals surface area contributed by atoms with Gasteiger partial charge >= 0.3 is 5.91 Å². The number of nitrogens with zero attached hydrogens (tertiary/aromatic N) is 2. The summed E-state index contributed by atoms with van der Waals surface area (Å²) in [6.45, 7) is 1.03. The van der Waals surface area contributed by atoms with Gasteiger partial charge in [-0.3, -0.25) is 24.5 Å². The first-order chi connectivity index (χ1) is 9.75. The van der Waals surface area contributed by atoms with Crippen LogP contribution < -0.4 is 4.90 Å². The molecule has 0 unspecified atom stereocenters. The van der Waals surface area contributed by atoms with E-state index in [4.69, 9.17) is 11.6 Å². The molecule has 1 N–H and O–H groups in total. The number of benzene rings is 1. The summed E-state index contributed by atoms with van der Waals surface area (Å²) >= 11 is 5.82. The fraction of sp³-hybridized carbons (Fsp3) is 0.0833. The predicted octanol–water partition coefficient (Wildman–Crippen LogP) is 1.52. The second kappa shape index (κ2) is 4.98. The van der Waals surface area contributed by atoms with Gasteiger partial charge in [-0.05, 0) is 13.0 Å². The molecule has 0 bridgehead atoms. The van der Waals surface area contributed by atoms with Crippen LogP contribution in [-0.2, 0) is 14.4 Å². The third-order valence-corrected chi connectivity index (χ3v) is 3.10. The molecule has 0 spiro atoms. The number of halogens is 1. The molecule has 0 saturated carbocycles. The molecule has 1 heterocycles. The second-order valence-corrected chi connectivity index (χ2v) is 4.53. The number of nitro groups is 1. The topological polar surface area (TPSA) is 118 Å². The van der Waals surface area contributed by atoms with Crippen molar-refractivity contribution in [1.82, 2.24) is 0 Å². The molecule has 0 radical (unpaired) electrons. The Morgan fingerprint density at radius 2 is 1.95 bits per heavy atom. The van der Waals surface area contributed by atoms with Gasteiger partial charge in [0.05, 0.1) is 15.6 Å². The summed E-state index contributed by atoms with van der Waals surface area (Å²) < 4.78 is 0. The van der Waals surface area contributed by atoms with Crippen LogP contribution in [0.2, 0.25) is 5.02 Å². The van der Waals surface area contributed by atoms with E-state index in [9.17, 15) is 29.6 Å². The summed E-state index contributed by atoms with van der Waals surface area (Å²) in [5.41, 5.74) is -1.12. The maximum absolute atomic E-state index is 12.0. The molecule has 1 aliphatic heterocycles. The van der Waals surface area contributed by atoms with Gasteiger partial charge in [0.2, 0.25) is 0 Å². The zero-order chi connectivity index (χ0) is 15.9. The van der Waals surface area contributed by atoms with Gasteiger partial charge in [0.25, 0.3) is 11.6 Å². The SMILES string of the molecule is CC(=O)C1=C(O)C(=O)N(c2ccc([N+](=O)[O-])cc2Cl)C1=O. The van der Waals surface area contributed by atoms with Crippen molar-refractivity contribution in [1.29, 1.82) is 0 Å². The number of Topliss-reactive ketones (excluding diaryl/α,β-unsaturated/α-hetero) is 1. The number of amides is 2. The summed E-state index contributed by atoms with van der Waals surface area (Å²) in [4.78, 5) is 45.6. The number of carbonyl (C=O) groups is 3. The maximum Gasteiger partial charge on any atom is 0.301 e. The Bertz CT molecular complexity index is 739. The van der Waals surface area contributed by atoms with E-state index in [0.717, 1.165) is 25.1 Å². The van der Waals surface area contributed by atoms with Crippen molar-refractivity contribution in [3.8, 4) is 0 Å². The molecule has 0 fully saturated rings. The van der Waals surface area contributed by atoms with Crippen LogP contribution in [0.4, 0.5) is 11.4 Å². The van der Waals surface area contributed by atoms with Crippen LogP contribution in [0, 0.1) is 10.1 Å². The fourth-order valence-electron chi connectivity index (χ4n) is 1.85. The summed E-state index contributed by atoms with van der Waals surface area (Å²) in [5.74, 6) is -3.88. The molecular weight excluding hydrogens is 304 g/mol. The van der Waals surface area contributed by atoms with Crippen molar-refractivity contribution in [3.63, 3.8) is 0 Å². The molecule has 1 aromatic rings. The third-order valence-electron chi connectivity index (χ3n) is 2.79. The van der Waals surface area contributed by atoms with E-state index in [1.807, 2.05) is 0 Å². The first-order valence-electron chi connectivity index (χ1n) is 5.52. The summed E-state index contributed by atoms with van der Waals surface area (Å²) in [6, 6.07) is 3.09. The Hall–Kier alpha value is -2.74. The summed E-state index contributed by atoms with van der Waals surface area (Å²) in [5, 5.41) is 19.9. The molecule has 21 heavy (non-hydrogen) atoms. The van der Waals surface area contributed by atoms with Crippen molar-refractivity contribution >= 4 is 40.6 Å². The van der Waals surface area contributed by atoms with Crippen LogP contribution in [0.25, 0.3) is 0 Å². The van der Waals surface area contributed by atoms with Crippen molar-refractivity contribution in [2.75, 3.05) is 4.90 Å². The van der Waals surface area contributed by atoms with E-state index >= 15 is 0 Å². The van der Waals surface area contributed by atoms with Crippen molar-refractivity contribution < 1.29 is 24.4 Å². The lowest BCUT2D eigenvalue weighted by molar-refractivity contribution is -0.384. The molecule has 0 aliphatic carbocycles. The number of hydrogen-bond donors (Lipinski definition) is 1. The Balaban J connectivity index is 2.50.